The topological polar surface area (TPSA) is 23.6 Å². The van der Waals surface area contributed by atoms with Crippen LogP contribution in [0.2, 0.25) is 0 Å². The summed E-state index contributed by atoms with van der Waals surface area (Å²) in [7, 11) is 0. The molecule has 2 fully saturated rings. The average Bonchev–Trinajstić information content (AvgIpc) is 2.48. The molecule has 1 unspecified atom stereocenters. The second kappa shape index (κ2) is 5.74. The van der Waals surface area contributed by atoms with E-state index in [1.54, 1.807) is 0 Å². The Morgan fingerprint density at radius 2 is 1.79 bits per heavy atom. The Morgan fingerprint density at radius 3 is 2.47 bits per heavy atom. The van der Waals surface area contributed by atoms with E-state index in [0.29, 0.717) is 5.91 Å². The van der Waals surface area contributed by atoms with Crippen molar-refractivity contribution in [2.24, 2.45) is 5.92 Å². The number of benzene rings is 1. The first-order valence-corrected chi connectivity index (χ1v) is 7.38. The maximum absolute atomic E-state index is 12.1. The molecular weight excluding hydrogens is 236 g/mol. The third-order valence-electron chi connectivity index (χ3n) is 4.25. The Balaban J connectivity index is 1.47. The molecule has 3 nitrogen and oxygen atoms in total. The van der Waals surface area contributed by atoms with Gasteiger partial charge in [-0.3, -0.25) is 4.79 Å². The number of carbonyl (C=O) groups is 1. The summed E-state index contributed by atoms with van der Waals surface area (Å²) in [6.45, 7) is 5.05. The Hall–Kier alpha value is -1.35. The molecule has 3 heteroatoms. The maximum Gasteiger partial charge on any atom is 0.229 e. The van der Waals surface area contributed by atoms with Gasteiger partial charge in [0, 0.05) is 19.6 Å². The van der Waals surface area contributed by atoms with Crippen molar-refractivity contribution in [3.8, 4) is 0 Å². The fraction of sp³-hybridized carbons (Fsp3) is 0.562. The van der Waals surface area contributed by atoms with Crippen LogP contribution in [0.15, 0.2) is 30.3 Å². The molecule has 3 rings (SSSR count). The summed E-state index contributed by atoms with van der Waals surface area (Å²) in [5.74, 6) is 0.594. The molecule has 1 amide bonds. The minimum absolute atomic E-state index is 0.252. The number of nitrogens with zero attached hydrogens (tertiary/aromatic N) is 2. The van der Waals surface area contributed by atoms with E-state index in [4.69, 9.17) is 0 Å². The molecule has 0 bridgehead atoms. The van der Waals surface area contributed by atoms with Gasteiger partial charge in [-0.25, -0.2) is 0 Å². The van der Waals surface area contributed by atoms with Gasteiger partial charge in [-0.1, -0.05) is 36.8 Å². The van der Waals surface area contributed by atoms with Crippen LogP contribution in [0.25, 0.3) is 0 Å². The van der Waals surface area contributed by atoms with Crippen LogP contribution < -0.4 is 0 Å². The third-order valence-corrected chi connectivity index (χ3v) is 4.25. The van der Waals surface area contributed by atoms with E-state index in [-0.39, 0.29) is 5.92 Å². The number of piperidine rings is 1. The van der Waals surface area contributed by atoms with E-state index < -0.39 is 0 Å². The summed E-state index contributed by atoms with van der Waals surface area (Å²) in [6, 6.07) is 10.3. The predicted molar refractivity (Wildman–Crippen MR) is 75.6 cm³/mol. The number of amides is 1. The molecule has 0 aromatic heterocycles. The first-order chi connectivity index (χ1) is 9.33. The second-order valence-corrected chi connectivity index (χ2v) is 5.76. The van der Waals surface area contributed by atoms with Crippen molar-refractivity contribution in [3.63, 3.8) is 0 Å². The van der Waals surface area contributed by atoms with Crippen LogP contribution in [0.5, 0.6) is 0 Å². The predicted octanol–water partition coefficient (Wildman–Crippen LogP) is 2.13. The molecule has 2 aliphatic rings. The number of hydrogen-bond acceptors (Lipinski definition) is 2. The largest absolute Gasteiger partial charge is 0.337 e. The molecule has 1 atom stereocenters. The van der Waals surface area contributed by atoms with Crippen molar-refractivity contribution in [1.29, 1.82) is 0 Å². The molecule has 19 heavy (non-hydrogen) atoms. The molecule has 0 N–H and O–H groups in total. The van der Waals surface area contributed by atoms with Crippen LogP contribution in [0.4, 0.5) is 0 Å². The minimum Gasteiger partial charge on any atom is -0.337 e. The summed E-state index contributed by atoms with van der Waals surface area (Å²) in [5.41, 5.74) is 1.23. The third kappa shape index (κ3) is 2.98. The smallest absolute Gasteiger partial charge is 0.229 e. The quantitative estimate of drug-likeness (QED) is 0.772. The summed E-state index contributed by atoms with van der Waals surface area (Å²) >= 11 is 0. The SMILES string of the molecule is O=C1C(CN2CCCCC2)CN1Cc1ccccc1. The summed E-state index contributed by atoms with van der Waals surface area (Å²) < 4.78 is 0. The lowest BCUT2D eigenvalue weighted by Crippen LogP contribution is -2.56. The molecule has 0 radical (unpaired) electrons. The van der Waals surface area contributed by atoms with E-state index in [1.165, 1.54) is 37.9 Å². The number of rotatable bonds is 4. The van der Waals surface area contributed by atoms with Crippen molar-refractivity contribution in [2.45, 2.75) is 25.8 Å². The molecule has 0 aliphatic carbocycles. The van der Waals surface area contributed by atoms with Crippen LogP contribution >= 0.6 is 0 Å². The van der Waals surface area contributed by atoms with Crippen LogP contribution in [0, 0.1) is 5.92 Å². The van der Waals surface area contributed by atoms with Crippen molar-refractivity contribution in [3.05, 3.63) is 35.9 Å². The number of hydrogen-bond donors (Lipinski definition) is 0. The summed E-state index contributed by atoms with van der Waals surface area (Å²) in [6.07, 6.45) is 3.96. The van der Waals surface area contributed by atoms with E-state index in [1.807, 2.05) is 23.1 Å². The minimum atomic E-state index is 0.252. The molecule has 2 aliphatic heterocycles. The zero-order chi connectivity index (χ0) is 13.1. The van der Waals surface area contributed by atoms with Crippen LogP contribution in [-0.2, 0) is 11.3 Å². The maximum atomic E-state index is 12.1. The van der Waals surface area contributed by atoms with Crippen molar-refractivity contribution < 1.29 is 4.79 Å². The molecule has 1 aromatic rings. The fourth-order valence-corrected chi connectivity index (χ4v) is 3.12. The van der Waals surface area contributed by atoms with Gasteiger partial charge in [0.1, 0.15) is 0 Å². The van der Waals surface area contributed by atoms with Gasteiger partial charge in [0.25, 0.3) is 0 Å². The average molecular weight is 258 g/mol. The highest BCUT2D eigenvalue weighted by atomic mass is 16.2. The zero-order valence-corrected chi connectivity index (χ0v) is 11.4. The Bertz CT molecular complexity index is 426. The highest BCUT2D eigenvalue weighted by Crippen LogP contribution is 2.22. The molecule has 2 heterocycles. The Morgan fingerprint density at radius 1 is 1.05 bits per heavy atom. The summed E-state index contributed by atoms with van der Waals surface area (Å²) in [5, 5.41) is 0. The number of likely N-dealkylation sites (tertiary alicyclic amines) is 2. The molecule has 1 aromatic carbocycles. The molecule has 2 saturated heterocycles. The van der Waals surface area contributed by atoms with E-state index in [0.717, 1.165) is 19.6 Å². The normalized spacial score (nSPS) is 24.3. The van der Waals surface area contributed by atoms with Gasteiger partial charge in [-0.15, -0.1) is 0 Å². The molecule has 0 spiro atoms. The molecule has 102 valence electrons. The molecule has 0 saturated carbocycles. The van der Waals surface area contributed by atoms with Gasteiger partial charge >= 0.3 is 0 Å². The van der Waals surface area contributed by atoms with Crippen LogP contribution in [0.3, 0.4) is 0 Å². The van der Waals surface area contributed by atoms with Crippen LogP contribution in [0.1, 0.15) is 24.8 Å². The standard InChI is InChI=1S/C16H22N2O/c19-16-15(12-17-9-5-2-6-10-17)13-18(16)11-14-7-3-1-4-8-14/h1,3-4,7-8,15H,2,5-6,9-13H2. The molecular formula is C16H22N2O. The Kier molecular flexibility index (Phi) is 3.83. The van der Waals surface area contributed by atoms with Gasteiger partial charge in [0.15, 0.2) is 0 Å². The van der Waals surface area contributed by atoms with Gasteiger partial charge in [-0.2, -0.15) is 0 Å². The van der Waals surface area contributed by atoms with Gasteiger partial charge in [0.05, 0.1) is 5.92 Å². The fourth-order valence-electron chi connectivity index (χ4n) is 3.12. The summed E-state index contributed by atoms with van der Waals surface area (Å²) in [4.78, 5) is 16.6. The van der Waals surface area contributed by atoms with Gasteiger partial charge < -0.3 is 9.80 Å². The van der Waals surface area contributed by atoms with Crippen molar-refractivity contribution in [2.75, 3.05) is 26.2 Å². The zero-order valence-electron chi connectivity index (χ0n) is 11.4. The first-order valence-electron chi connectivity index (χ1n) is 7.38. The monoisotopic (exact) mass is 258 g/mol. The highest BCUT2D eigenvalue weighted by molar-refractivity contribution is 5.84. The van der Waals surface area contributed by atoms with Crippen molar-refractivity contribution >= 4 is 5.91 Å². The van der Waals surface area contributed by atoms with E-state index >= 15 is 0 Å². The van der Waals surface area contributed by atoms with Gasteiger partial charge in [0.2, 0.25) is 5.91 Å². The lowest BCUT2D eigenvalue weighted by atomic mass is 9.96. The van der Waals surface area contributed by atoms with Crippen molar-refractivity contribution in [1.82, 2.24) is 9.80 Å². The number of carbonyl (C=O) groups excluding carboxylic acids is 1. The van der Waals surface area contributed by atoms with Crippen LogP contribution in [-0.4, -0.2) is 41.9 Å². The lowest BCUT2D eigenvalue weighted by Gasteiger charge is -2.41. The van der Waals surface area contributed by atoms with Gasteiger partial charge in [-0.05, 0) is 31.5 Å². The first kappa shape index (κ1) is 12.7. The highest BCUT2D eigenvalue weighted by Gasteiger charge is 2.37. The van der Waals surface area contributed by atoms with E-state index in [9.17, 15) is 4.79 Å². The second-order valence-electron chi connectivity index (χ2n) is 5.76. The lowest BCUT2D eigenvalue weighted by molar-refractivity contribution is -0.150. The Labute approximate surface area is 115 Å². The van der Waals surface area contributed by atoms with E-state index in [2.05, 4.69) is 17.0 Å². The number of β-lactam (4-membered cyclic amide) rings is 1.